The molecule has 0 aliphatic heterocycles. The molecule has 1 aromatic carbocycles. The van der Waals surface area contributed by atoms with E-state index in [0.717, 1.165) is 14.9 Å². The molecule has 0 N–H and O–H groups in total. The van der Waals surface area contributed by atoms with Gasteiger partial charge in [-0.25, -0.2) is 0 Å². The molecule has 2 rings (SSSR count). The van der Waals surface area contributed by atoms with Crippen LogP contribution in [0.1, 0.15) is 15.8 Å². The fourth-order valence-electron chi connectivity index (χ4n) is 1.33. The molecule has 0 amide bonds. The maximum absolute atomic E-state index is 6.39. The van der Waals surface area contributed by atoms with Crippen molar-refractivity contribution in [3.8, 4) is 0 Å². The third-order valence-corrected chi connectivity index (χ3v) is 5.19. The maximum atomic E-state index is 6.39. The van der Waals surface area contributed by atoms with Crippen LogP contribution < -0.4 is 0 Å². The Bertz CT molecular complexity index is 510. The molecular weight excluding hydrogens is 350 g/mol. The second-order valence-corrected chi connectivity index (χ2v) is 6.24. The van der Waals surface area contributed by atoms with E-state index in [1.807, 2.05) is 17.5 Å². The largest absolute Gasteiger partial charge is 0.146 e. The van der Waals surface area contributed by atoms with Gasteiger partial charge in [0.15, 0.2) is 0 Å². The van der Waals surface area contributed by atoms with Crippen LogP contribution in [-0.4, -0.2) is 0 Å². The molecule has 0 saturated carbocycles. The highest BCUT2D eigenvalue weighted by Crippen LogP contribution is 2.40. The van der Waals surface area contributed by atoms with Crippen molar-refractivity contribution in [2.45, 2.75) is 5.38 Å². The van der Waals surface area contributed by atoms with E-state index in [4.69, 9.17) is 34.8 Å². The van der Waals surface area contributed by atoms with Gasteiger partial charge in [-0.15, -0.1) is 22.9 Å². The van der Waals surface area contributed by atoms with Crippen molar-refractivity contribution in [1.29, 1.82) is 0 Å². The van der Waals surface area contributed by atoms with Gasteiger partial charge in [0.2, 0.25) is 0 Å². The first kappa shape index (κ1) is 12.7. The first-order valence-electron chi connectivity index (χ1n) is 4.41. The third kappa shape index (κ3) is 2.57. The quantitative estimate of drug-likeness (QED) is 0.567. The summed E-state index contributed by atoms with van der Waals surface area (Å²) in [7, 11) is 0. The van der Waals surface area contributed by atoms with Crippen LogP contribution in [0, 0.1) is 0 Å². The second kappa shape index (κ2) is 5.28. The normalized spacial score (nSPS) is 12.8. The summed E-state index contributed by atoms with van der Waals surface area (Å²) in [4.78, 5) is 1.05. The summed E-state index contributed by atoms with van der Waals surface area (Å²) in [6, 6.07) is 7.32. The van der Waals surface area contributed by atoms with Gasteiger partial charge >= 0.3 is 0 Å². The summed E-state index contributed by atoms with van der Waals surface area (Å²) in [6.07, 6.45) is 0. The Morgan fingerprint density at radius 1 is 1.19 bits per heavy atom. The zero-order chi connectivity index (χ0) is 11.7. The zero-order valence-corrected chi connectivity index (χ0v) is 12.6. The summed E-state index contributed by atoms with van der Waals surface area (Å²) in [5.41, 5.74) is 0.871. The van der Waals surface area contributed by atoms with Crippen molar-refractivity contribution in [1.82, 2.24) is 0 Å². The van der Waals surface area contributed by atoms with Gasteiger partial charge in [0.1, 0.15) is 0 Å². The number of alkyl halides is 1. The molecule has 84 valence electrons. The molecule has 5 heteroatoms. The Kier molecular flexibility index (Phi) is 4.20. The Labute approximate surface area is 121 Å². The summed E-state index contributed by atoms with van der Waals surface area (Å²) < 4.78 is 1.00. The molecule has 0 aliphatic rings. The summed E-state index contributed by atoms with van der Waals surface area (Å²) in [5.74, 6) is 0. The Morgan fingerprint density at radius 3 is 2.50 bits per heavy atom. The van der Waals surface area contributed by atoms with Crippen LogP contribution in [0.3, 0.4) is 0 Å². The van der Waals surface area contributed by atoms with Crippen LogP contribution in [0.15, 0.2) is 34.1 Å². The molecule has 0 bridgehead atoms. The van der Waals surface area contributed by atoms with Crippen molar-refractivity contribution in [2.75, 3.05) is 0 Å². The molecule has 1 unspecified atom stereocenters. The molecule has 0 nitrogen and oxygen atoms in total. The van der Waals surface area contributed by atoms with Gasteiger partial charge in [-0.3, -0.25) is 0 Å². The zero-order valence-electron chi connectivity index (χ0n) is 7.88. The van der Waals surface area contributed by atoms with E-state index in [0.29, 0.717) is 10.0 Å². The lowest BCUT2D eigenvalue weighted by Crippen LogP contribution is -1.92. The molecule has 0 saturated heterocycles. The SMILES string of the molecule is Clc1ccc(C(Cl)c2sccc2Br)c(Cl)c1. The minimum atomic E-state index is -0.251. The van der Waals surface area contributed by atoms with E-state index in [2.05, 4.69) is 15.9 Å². The highest BCUT2D eigenvalue weighted by atomic mass is 79.9. The van der Waals surface area contributed by atoms with Crippen LogP contribution in [0.5, 0.6) is 0 Å². The summed E-state index contributed by atoms with van der Waals surface area (Å²) in [6.45, 7) is 0. The van der Waals surface area contributed by atoms with Gasteiger partial charge < -0.3 is 0 Å². The average Bonchev–Trinajstić information content (AvgIpc) is 2.63. The van der Waals surface area contributed by atoms with Crippen molar-refractivity contribution < 1.29 is 0 Å². The molecule has 1 heterocycles. The Hall–Kier alpha value is 0.270. The monoisotopic (exact) mass is 354 g/mol. The number of hydrogen-bond donors (Lipinski definition) is 0. The van der Waals surface area contributed by atoms with Crippen molar-refractivity contribution in [3.63, 3.8) is 0 Å². The fourth-order valence-corrected chi connectivity index (χ4v) is 4.10. The van der Waals surface area contributed by atoms with Crippen molar-refractivity contribution in [2.24, 2.45) is 0 Å². The molecule has 0 fully saturated rings. The van der Waals surface area contributed by atoms with E-state index in [1.165, 1.54) is 0 Å². The van der Waals surface area contributed by atoms with E-state index in [-0.39, 0.29) is 5.38 Å². The van der Waals surface area contributed by atoms with Gasteiger partial charge in [0.05, 0.1) is 5.38 Å². The Morgan fingerprint density at radius 2 is 1.94 bits per heavy atom. The standard InChI is InChI=1S/C11H6BrCl3S/c12-8-3-4-16-11(8)10(15)7-2-1-6(13)5-9(7)14/h1-5,10H. The van der Waals surface area contributed by atoms with E-state index in [1.54, 1.807) is 23.5 Å². The maximum Gasteiger partial charge on any atom is 0.0953 e. The minimum absolute atomic E-state index is 0.251. The van der Waals surface area contributed by atoms with Crippen LogP contribution in [0.2, 0.25) is 10.0 Å². The smallest absolute Gasteiger partial charge is 0.0953 e. The fraction of sp³-hybridized carbons (Fsp3) is 0.0909. The molecule has 2 aromatic rings. The summed E-state index contributed by atoms with van der Waals surface area (Å²) in [5, 5.41) is 2.94. The predicted molar refractivity (Wildman–Crippen MR) is 76.2 cm³/mol. The van der Waals surface area contributed by atoms with E-state index >= 15 is 0 Å². The lowest BCUT2D eigenvalue weighted by molar-refractivity contribution is 1.17. The van der Waals surface area contributed by atoms with Gasteiger partial charge in [0.25, 0.3) is 0 Å². The summed E-state index contributed by atoms with van der Waals surface area (Å²) >= 11 is 23.4. The number of hydrogen-bond acceptors (Lipinski definition) is 1. The molecule has 1 aromatic heterocycles. The average molecular weight is 356 g/mol. The van der Waals surface area contributed by atoms with Crippen LogP contribution in [0.4, 0.5) is 0 Å². The Balaban J connectivity index is 2.41. The van der Waals surface area contributed by atoms with E-state index in [9.17, 15) is 0 Å². The molecule has 0 aliphatic carbocycles. The number of rotatable bonds is 2. The van der Waals surface area contributed by atoms with Crippen molar-refractivity contribution in [3.05, 3.63) is 54.6 Å². The van der Waals surface area contributed by atoms with E-state index < -0.39 is 0 Å². The third-order valence-electron chi connectivity index (χ3n) is 2.11. The molecular formula is C11H6BrCl3S. The number of thiophene rings is 1. The van der Waals surface area contributed by atoms with Gasteiger partial charge in [-0.1, -0.05) is 29.3 Å². The minimum Gasteiger partial charge on any atom is -0.146 e. The second-order valence-electron chi connectivity index (χ2n) is 3.16. The van der Waals surface area contributed by atoms with Crippen molar-refractivity contribution >= 4 is 62.1 Å². The molecule has 1 atom stereocenters. The predicted octanol–water partition coefficient (Wildman–Crippen LogP) is 6.15. The lowest BCUT2D eigenvalue weighted by atomic mass is 10.1. The first-order valence-corrected chi connectivity index (χ1v) is 7.28. The lowest BCUT2D eigenvalue weighted by Gasteiger charge is -2.11. The van der Waals surface area contributed by atoms with Gasteiger partial charge in [0, 0.05) is 19.4 Å². The van der Waals surface area contributed by atoms with Gasteiger partial charge in [-0.2, -0.15) is 0 Å². The highest BCUT2D eigenvalue weighted by Gasteiger charge is 2.18. The number of benzene rings is 1. The molecule has 0 spiro atoms. The van der Waals surface area contributed by atoms with Crippen LogP contribution in [0.25, 0.3) is 0 Å². The topological polar surface area (TPSA) is 0 Å². The highest BCUT2D eigenvalue weighted by molar-refractivity contribution is 9.10. The van der Waals surface area contributed by atoms with Gasteiger partial charge in [-0.05, 0) is 45.1 Å². The van der Waals surface area contributed by atoms with Crippen LogP contribution >= 0.6 is 62.1 Å². The van der Waals surface area contributed by atoms with Crippen LogP contribution in [-0.2, 0) is 0 Å². The number of halogens is 4. The molecule has 0 radical (unpaired) electrons. The first-order chi connectivity index (χ1) is 7.59. The molecule has 16 heavy (non-hydrogen) atoms.